The molecule has 0 saturated heterocycles. The first-order valence-corrected chi connectivity index (χ1v) is 7.86. The molecule has 1 aliphatic heterocycles. The van der Waals surface area contributed by atoms with Gasteiger partial charge in [-0.15, -0.1) is 11.3 Å². The van der Waals surface area contributed by atoms with E-state index in [-0.39, 0.29) is 5.41 Å². The molecule has 1 aliphatic carbocycles. The Kier molecular flexibility index (Phi) is 2.43. The summed E-state index contributed by atoms with van der Waals surface area (Å²) in [5.74, 6) is 2.16. The summed E-state index contributed by atoms with van der Waals surface area (Å²) < 4.78 is 5.70. The van der Waals surface area contributed by atoms with Crippen LogP contribution in [0.2, 0.25) is 0 Å². The van der Waals surface area contributed by atoms with E-state index < -0.39 is 0 Å². The molecule has 2 N–H and O–H groups in total. The molecule has 2 heterocycles. The van der Waals surface area contributed by atoms with Gasteiger partial charge < -0.3 is 10.5 Å². The molecule has 2 aromatic rings. The van der Waals surface area contributed by atoms with Crippen LogP contribution in [0.1, 0.15) is 41.7 Å². The molecule has 0 unspecified atom stereocenters. The molecule has 1 fully saturated rings. The zero-order valence-electron chi connectivity index (χ0n) is 11.7. The summed E-state index contributed by atoms with van der Waals surface area (Å²) in [6, 6.07) is 6.47. The number of thiazole rings is 1. The fraction of sp³-hybridized carbons (Fsp3) is 0.438. The fourth-order valence-electron chi connectivity index (χ4n) is 3.73. The number of nitrogen functional groups attached to an aromatic ring is 1. The lowest BCUT2D eigenvalue weighted by molar-refractivity contribution is 0.357. The number of ether oxygens (including phenoxy) is 1. The van der Waals surface area contributed by atoms with E-state index in [2.05, 4.69) is 37.0 Å². The molecule has 1 saturated carbocycles. The van der Waals surface area contributed by atoms with Gasteiger partial charge in [-0.25, -0.2) is 4.98 Å². The molecule has 0 amide bonds. The number of benzene rings is 1. The van der Waals surface area contributed by atoms with Crippen molar-refractivity contribution in [3.63, 3.8) is 0 Å². The molecule has 0 radical (unpaired) electrons. The van der Waals surface area contributed by atoms with Crippen LogP contribution in [0.15, 0.2) is 24.4 Å². The first kappa shape index (κ1) is 12.2. The highest BCUT2D eigenvalue weighted by Gasteiger charge is 2.60. The second-order valence-electron chi connectivity index (χ2n) is 6.30. The molecule has 4 rings (SSSR count). The van der Waals surface area contributed by atoms with Gasteiger partial charge in [-0.2, -0.15) is 0 Å². The predicted octanol–water partition coefficient (Wildman–Crippen LogP) is 3.57. The van der Waals surface area contributed by atoms with E-state index in [1.165, 1.54) is 16.0 Å². The second kappa shape index (κ2) is 3.98. The zero-order chi connectivity index (χ0) is 13.9. The smallest absolute Gasteiger partial charge is 0.180 e. The average Bonchev–Trinajstić information content (AvgIpc) is 2.83. The highest BCUT2D eigenvalue weighted by Crippen LogP contribution is 2.71. The van der Waals surface area contributed by atoms with Crippen LogP contribution in [-0.2, 0) is 6.42 Å². The van der Waals surface area contributed by atoms with Gasteiger partial charge in [0.25, 0.3) is 0 Å². The Morgan fingerprint density at radius 1 is 1.35 bits per heavy atom. The van der Waals surface area contributed by atoms with Crippen molar-refractivity contribution >= 4 is 16.5 Å². The molecule has 0 bridgehead atoms. The molecular weight excluding hydrogens is 268 g/mol. The molecule has 1 aromatic heterocycles. The Morgan fingerprint density at radius 3 is 2.95 bits per heavy atom. The number of rotatable bonds is 2. The SMILES string of the molecule is CC1(C)[C@H](c2cnc(N)s2)[C@H]1c1cccc2c1CCO2. The summed E-state index contributed by atoms with van der Waals surface area (Å²) in [5, 5.41) is 0.670. The van der Waals surface area contributed by atoms with Gasteiger partial charge in [0.05, 0.1) is 6.61 Å². The first-order chi connectivity index (χ1) is 9.59. The number of anilines is 1. The molecule has 104 valence electrons. The highest BCUT2D eigenvalue weighted by atomic mass is 32.1. The van der Waals surface area contributed by atoms with Crippen molar-refractivity contribution in [3.8, 4) is 5.75 Å². The van der Waals surface area contributed by atoms with Gasteiger partial charge in [-0.05, 0) is 23.0 Å². The molecule has 2 atom stereocenters. The Balaban J connectivity index is 1.75. The first-order valence-electron chi connectivity index (χ1n) is 7.05. The van der Waals surface area contributed by atoms with Crippen molar-refractivity contribution in [2.45, 2.75) is 32.1 Å². The summed E-state index contributed by atoms with van der Waals surface area (Å²) in [6.07, 6.45) is 2.99. The molecular formula is C16H18N2OS. The quantitative estimate of drug-likeness (QED) is 0.918. The van der Waals surface area contributed by atoms with Crippen molar-refractivity contribution in [1.29, 1.82) is 0 Å². The number of nitrogens with zero attached hydrogens (tertiary/aromatic N) is 1. The minimum Gasteiger partial charge on any atom is -0.493 e. The van der Waals surface area contributed by atoms with Gasteiger partial charge in [-0.3, -0.25) is 0 Å². The van der Waals surface area contributed by atoms with Crippen LogP contribution < -0.4 is 10.5 Å². The maximum atomic E-state index is 5.79. The standard InChI is InChI=1S/C16H18N2OS/c1-16(2)13(14(16)12-8-18-15(17)20-12)10-4-3-5-11-9(10)6-7-19-11/h3-5,8,13-14H,6-7H2,1-2H3,(H2,17,18)/t13-,14-/m1/s1. The molecule has 2 aliphatic rings. The van der Waals surface area contributed by atoms with Gasteiger partial charge in [-0.1, -0.05) is 26.0 Å². The van der Waals surface area contributed by atoms with Crippen LogP contribution in [0.25, 0.3) is 0 Å². The number of hydrogen-bond donors (Lipinski definition) is 1. The maximum absolute atomic E-state index is 5.79. The third-order valence-electron chi connectivity index (χ3n) is 4.79. The Bertz CT molecular complexity index is 677. The normalized spacial score (nSPS) is 26.1. The molecule has 1 aromatic carbocycles. The van der Waals surface area contributed by atoms with Gasteiger partial charge in [0.15, 0.2) is 5.13 Å². The van der Waals surface area contributed by atoms with E-state index >= 15 is 0 Å². The minimum absolute atomic E-state index is 0.274. The van der Waals surface area contributed by atoms with Crippen LogP contribution in [0.3, 0.4) is 0 Å². The van der Waals surface area contributed by atoms with Crippen LogP contribution in [0, 0.1) is 5.41 Å². The Morgan fingerprint density at radius 2 is 2.20 bits per heavy atom. The molecule has 3 nitrogen and oxygen atoms in total. The monoisotopic (exact) mass is 286 g/mol. The number of fused-ring (bicyclic) bond motifs is 1. The maximum Gasteiger partial charge on any atom is 0.180 e. The van der Waals surface area contributed by atoms with E-state index in [1.54, 1.807) is 11.3 Å². The van der Waals surface area contributed by atoms with Crippen molar-refractivity contribution in [1.82, 2.24) is 4.98 Å². The third-order valence-corrected chi connectivity index (χ3v) is 5.70. The lowest BCUT2D eigenvalue weighted by Gasteiger charge is -2.08. The van der Waals surface area contributed by atoms with E-state index in [0.717, 1.165) is 18.8 Å². The summed E-state index contributed by atoms with van der Waals surface area (Å²) in [7, 11) is 0. The zero-order valence-corrected chi connectivity index (χ0v) is 12.5. The van der Waals surface area contributed by atoms with Gasteiger partial charge >= 0.3 is 0 Å². The van der Waals surface area contributed by atoms with E-state index in [1.807, 2.05) is 6.20 Å². The highest BCUT2D eigenvalue weighted by molar-refractivity contribution is 7.15. The summed E-state index contributed by atoms with van der Waals surface area (Å²) in [5.41, 5.74) is 8.94. The fourth-order valence-corrected chi connectivity index (χ4v) is 4.75. The van der Waals surface area contributed by atoms with E-state index in [0.29, 0.717) is 17.0 Å². The summed E-state index contributed by atoms with van der Waals surface area (Å²) in [4.78, 5) is 5.53. The van der Waals surface area contributed by atoms with Crippen molar-refractivity contribution in [2.24, 2.45) is 5.41 Å². The van der Waals surface area contributed by atoms with E-state index in [4.69, 9.17) is 10.5 Å². The van der Waals surface area contributed by atoms with Crippen molar-refractivity contribution < 1.29 is 4.74 Å². The largest absolute Gasteiger partial charge is 0.493 e. The van der Waals surface area contributed by atoms with Crippen LogP contribution in [0.5, 0.6) is 5.75 Å². The van der Waals surface area contributed by atoms with Gasteiger partial charge in [0.1, 0.15) is 5.75 Å². The van der Waals surface area contributed by atoms with E-state index in [9.17, 15) is 0 Å². The number of nitrogens with two attached hydrogens (primary N) is 1. The Hall–Kier alpha value is -1.55. The number of hydrogen-bond acceptors (Lipinski definition) is 4. The topological polar surface area (TPSA) is 48.1 Å². The van der Waals surface area contributed by atoms with Crippen LogP contribution in [-0.4, -0.2) is 11.6 Å². The summed E-state index contributed by atoms with van der Waals surface area (Å²) >= 11 is 1.63. The molecule has 20 heavy (non-hydrogen) atoms. The summed E-state index contributed by atoms with van der Waals surface area (Å²) in [6.45, 7) is 5.50. The van der Waals surface area contributed by atoms with Crippen molar-refractivity contribution in [3.05, 3.63) is 40.4 Å². The lowest BCUT2D eigenvalue weighted by Crippen LogP contribution is -1.94. The van der Waals surface area contributed by atoms with Crippen LogP contribution >= 0.6 is 11.3 Å². The second-order valence-corrected chi connectivity index (χ2v) is 7.39. The molecule has 4 heteroatoms. The van der Waals surface area contributed by atoms with Crippen LogP contribution in [0.4, 0.5) is 5.13 Å². The van der Waals surface area contributed by atoms with Gasteiger partial charge in [0.2, 0.25) is 0 Å². The third kappa shape index (κ3) is 1.61. The minimum atomic E-state index is 0.274. The van der Waals surface area contributed by atoms with Crippen molar-refractivity contribution in [2.75, 3.05) is 12.3 Å². The average molecular weight is 286 g/mol. The molecule has 0 spiro atoms. The Labute approximate surface area is 122 Å². The van der Waals surface area contributed by atoms with Gasteiger partial charge in [0, 0.05) is 29.0 Å². The lowest BCUT2D eigenvalue weighted by atomic mass is 9.96. The predicted molar refractivity (Wildman–Crippen MR) is 81.4 cm³/mol. The number of aromatic nitrogens is 1.